The zero-order valence-corrected chi connectivity index (χ0v) is 43.4. The summed E-state index contributed by atoms with van der Waals surface area (Å²) in [6.45, 7) is 19.2. The minimum absolute atomic E-state index is 0.0865. The van der Waals surface area contributed by atoms with Gasteiger partial charge in [0.25, 0.3) is 0 Å². The minimum atomic E-state index is -1.69. The molecule has 7 rings (SSSR count). The molecule has 5 aliphatic heterocycles. The zero-order chi connectivity index (χ0) is 50.6. The molecule has 390 valence electrons. The van der Waals surface area contributed by atoms with Crippen LogP contribution in [0.4, 0.5) is 0 Å². The Bertz CT molecular complexity index is 1960. The minimum Gasteiger partial charge on any atom is -0.459 e. The van der Waals surface area contributed by atoms with Crippen LogP contribution >= 0.6 is 0 Å². The van der Waals surface area contributed by atoms with Crippen LogP contribution in [0, 0.1) is 17.8 Å². The highest BCUT2D eigenvalue weighted by Gasteiger charge is 2.54. The second-order valence-corrected chi connectivity index (χ2v) is 21.1. The molecule has 19 nitrogen and oxygen atoms in total. The van der Waals surface area contributed by atoms with Crippen molar-refractivity contribution in [3.8, 4) is 5.82 Å². The second-order valence-electron chi connectivity index (χ2n) is 21.1. The number of methoxy groups -OCH3 is 1. The lowest BCUT2D eigenvalue weighted by Crippen LogP contribution is -2.61. The first-order valence-corrected chi connectivity index (χ1v) is 24.7. The molecule has 0 spiro atoms. The van der Waals surface area contributed by atoms with Crippen molar-refractivity contribution >= 4 is 11.7 Å². The molecule has 0 saturated carbocycles. The largest absolute Gasteiger partial charge is 0.459 e. The van der Waals surface area contributed by atoms with Gasteiger partial charge in [0.1, 0.15) is 36.2 Å². The Morgan fingerprint density at radius 1 is 1.01 bits per heavy atom. The van der Waals surface area contributed by atoms with Crippen LogP contribution in [0.25, 0.3) is 5.82 Å². The van der Waals surface area contributed by atoms with E-state index in [1.807, 2.05) is 85.1 Å². The molecule has 5 aliphatic rings. The van der Waals surface area contributed by atoms with Gasteiger partial charge in [-0.15, -0.1) is 0 Å². The van der Waals surface area contributed by atoms with E-state index >= 15 is 0 Å². The van der Waals surface area contributed by atoms with Crippen LogP contribution in [0.15, 0.2) is 41.9 Å². The summed E-state index contributed by atoms with van der Waals surface area (Å²) in [6.07, 6.45) is -2.26. The first kappa shape index (κ1) is 55.1. The fourth-order valence-corrected chi connectivity index (χ4v) is 10.9. The number of ether oxygens (including phenoxy) is 8. The van der Waals surface area contributed by atoms with Gasteiger partial charge < -0.3 is 67.9 Å². The number of oxime groups is 1. The summed E-state index contributed by atoms with van der Waals surface area (Å²) < 4.78 is 54.9. The Labute approximate surface area is 409 Å². The third kappa shape index (κ3) is 12.7. The molecule has 5 fully saturated rings. The lowest BCUT2D eigenvalue weighted by atomic mass is 9.78. The molecule has 2 aromatic heterocycles. The van der Waals surface area contributed by atoms with Crippen LogP contribution < -0.4 is 0 Å². The smallest absolute Gasteiger partial charge is 0.311 e. The molecular formula is C50H82N6O13. The standard InChI is InChI=1S/C50H82N6O13/c1-15-38-50(10,60)44-29(2)25-55(13)30(3)22-49(9,63-28-36(27-62-44)53-64-26-35-17-18-39(51-24-35)56-20-16-19-52-56)45(69-47-41(57)37(54(11)12)21-31(4)65-47)32(5)42(33(6)46(59)67-38)68-40-23-48(8,61-14)43(58)34(7)66-40/h16-20,24,29-34,37-38,40-45,47,57-58,60H,15,21-23,25-28H2,1-14H3/b53-36+/t29-,30+,31+,32-,33+,34-,37-,38+,40-,41+,42-,43-,44-,45+,47-,48+,49+,50+/m0/s1. The van der Waals surface area contributed by atoms with Crippen LogP contribution in [-0.2, 0) is 54.1 Å². The Morgan fingerprint density at radius 2 is 1.75 bits per heavy atom. The number of aromatic nitrogens is 3. The summed E-state index contributed by atoms with van der Waals surface area (Å²) >= 11 is 0. The molecule has 2 bridgehead atoms. The molecule has 3 N–H and O–H groups in total. The average Bonchev–Trinajstić information content (AvgIpc) is 3.85. The first-order valence-electron chi connectivity index (χ1n) is 24.7. The molecule has 5 saturated heterocycles. The number of esters is 1. The van der Waals surface area contributed by atoms with Crippen molar-refractivity contribution < 1.29 is 62.8 Å². The summed E-state index contributed by atoms with van der Waals surface area (Å²) in [5, 5.41) is 44.8. The lowest BCUT2D eigenvalue weighted by Gasteiger charge is -2.50. The predicted octanol–water partition coefficient (Wildman–Crippen LogP) is 4.12. The van der Waals surface area contributed by atoms with E-state index in [1.54, 1.807) is 44.8 Å². The summed E-state index contributed by atoms with van der Waals surface area (Å²) in [4.78, 5) is 29.6. The number of aliphatic hydroxyl groups is 3. The highest BCUT2D eigenvalue weighted by Crippen LogP contribution is 2.42. The number of carbonyl (C=O) groups excluding carboxylic acids is 1. The van der Waals surface area contributed by atoms with E-state index in [4.69, 9.17) is 42.7 Å². The fourth-order valence-electron chi connectivity index (χ4n) is 10.9. The van der Waals surface area contributed by atoms with Gasteiger partial charge in [-0.3, -0.25) is 4.79 Å². The van der Waals surface area contributed by atoms with Crippen molar-refractivity contribution in [3.63, 3.8) is 0 Å². The number of carbonyl (C=O) groups is 1. The van der Waals surface area contributed by atoms with Gasteiger partial charge in [0, 0.05) is 62.2 Å². The molecular weight excluding hydrogens is 893 g/mol. The number of hydrogen-bond donors (Lipinski definition) is 3. The van der Waals surface area contributed by atoms with Crippen LogP contribution in [0.5, 0.6) is 0 Å². The van der Waals surface area contributed by atoms with E-state index in [-0.39, 0.29) is 56.8 Å². The van der Waals surface area contributed by atoms with E-state index < -0.39 is 89.9 Å². The maximum atomic E-state index is 14.8. The second kappa shape index (κ2) is 23.1. The van der Waals surface area contributed by atoms with Gasteiger partial charge >= 0.3 is 5.97 Å². The summed E-state index contributed by atoms with van der Waals surface area (Å²) in [7, 11) is 7.40. The lowest BCUT2D eigenvalue weighted by molar-refractivity contribution is -0.320. The van der Waals surface area contributed by atoms with Crippen LogP contribution in [0.3, 0.4) is 0 Å². The molecule has 2 aromatic rings. The van der Waals surface area contributed by atoms with E-state index in [1.165, 1.54) is 7.11 Å². The average molecular weight is 975 g/mol. The number of nitrogens with zero attached hydrogens (tertiary/aromatic N) is 6. The quantitative estimate of drug-likeness (QED) is 0.214. The van der Waals surface area contributed by atoms with Gasteiger partial charge in [0.05, 0.1) is 60.9 Å². The SMILES string of the molecule is CC[C@H]1OC(=O)[C@H](C)[C@@H](O[C@H]2C[C@@](C)(OC)[C@@H](O)[C@H](C)O2)[C@H](C)[C@@H](O[C@@H]2O[C@H](C)C[C@H](N(C)C)[C@H]2O)[C@@]2(C)C[C@@H](C)N(C)C[C@H](C)[C@H](OC/C(=N\OCc3ccc(-n4cccn4)nc3)CO2)[C@]1(C)O. The van der Waals surface area contributed by atoms with Crippen LogP contribution in [-0.4, -0.2) is 190 Å². The normalized spacial score (nSPS) is 42.0. The van der Waals surface area contributed by atoms with Crippen molar-refractivity contribution in [3.05, 3.63) is 42.4 Å². The molecule has 0 amide bonds. The topological polar surface area (TPSA) is 210 Å². The molecule has 19 heteroatoms. The van der Waals surface area contributed by atoms with Gasteiger partial charge in [-0.25, -0.2) is 9.67 Å². The van der Waals surface area contributed by atoms with Gasteiger partial charge in [-0.1, -0.05) is 32.0 Å². The zero-order valence-electron chi connectivity index (χ0n) is 43.4. The summed E-state index contributed by atoms with van der Waals surface area (Å²) in [5.74, 6) is -1.94. The maximum Gasteiger partial charge on any atom is 0.311 e. The monoisotopic (exact) mass is 975 g/mol. The van der Waals surface area contributed by atoms with E-state index in [0.29, 0.717) is 30.9 Å². The Hall–Kier alpha value is -3.18. The Morgan fingerprint density at radius 3 is 2.39 bits per heavy atom. The van der Waals surface area contributed by atoms with Gasteiger partial charge in [-0.05, 0) is 107 Å². The van der Waals surface area contributed by atoms with Gasteiger partial charge in [0.2, 0.25) is 0 Å². The third-order valence-electron chi connectivity index (χ3n) is 15.2. The van der Waals surface area contributed by atoms with Crippen molar-refractivity contribution in [2.24, 2.45) is 22.9 Å². The fraction of sp³-hybridized carbons (Fsp3) is 0.800. The number of aliphatic hydroxyl groups excluding tert-OH is 2. The molecule has 69 heavy (non-hydrogen) atoms. The van der Waals surface area contributed by atoms with Crippen molar-refractivity contribution in [1.82, 2.24) is 24.6 Å². The first-order chi connectivity index (χ1) is 32.5. The van der Waals surface area contributed by atoms with Gasteiger partial charge in [-0.2, -0.15) is 5.10 Å². The third-order valence-corrected chi connectivity index (χ3v) is 15.2. The predicted molar refractivity (Wildman–Crippen MR) is 255 cm³/mol. The molecule has 0 aromatic carbocycles. The van der Waals surface area contributed by atoms with Crippen LogP contribution in [0.2, 0.25) is 0 Å². The summed E-state index contributed by atoms with van der Waals surface area (Å²) in [5.41, 5.74) is -2.79. The number of rotatable bonds is 11. The van der Waals surface area contributed by atoms with Crippen molar-refractivity contribution in [2.45, 2.75) is 192 Å². The highest BCUT2D eigenvalue weighted by atomic mass is 16.7. The van der Waals surface area contributed by atoms with E-state index in [0.717, 1.165) is 5.56 Å². The number of pyridine rings is 1. The number of fused-ring (bicyclic) bond motifs is 15. The van der Waals surface area contributed by atoms with Gasteiger partial charge in [0.15, 0.2) is 18.4 Å². The maximum absolute atomic E-state index is 14.8. The van der Waals surface area contributed by atoms with E-state index in [9.17, 15) is 20.1 Å². The molecule has 18 atom stereocenters. The van der Waals surface area contributed by atoms with E-state index in [2.05, 4.69) is 27.1 Å². The molecule has 0 radical (unpaired) electrons. The number of hydrogen-bond acceptors (Lipinski definition) is 18. The Kier molecular flexibility index (Phi) is 18.5. The van der Waals surface area contributed by atoms with Crippen molar-refractivity contribution in [1.29, 1.82) is 0 Å². The Balaban J connectivity index is 1.48. The molecule has 0 unspecified atom stereocenters. The molecule has 7 heterocycles. The number of likely N-dealkylation sites (N-methyl/N-ethyl adjacent to an activating group) is 1. The molecule has 0 aliphatic carbocycles. The summed E-state index contributed by atoms with van der Waals surface area (Å²) in [6, 6.07) is 5.11. The van der Waals surface area contributed by atoms with Crippen LogP contribution in [0.1, 0.15) is 100 Å². The van der Waals surface area contributed by atoms with Crippen molar-refractivity contribution in [2.75, 3.05) is 48.0 Å². The highest BCUT2D eigenvalue weighted by molar-refractivity contribution is 5.86.